The van der Waals surface area contributed by atoms with Gasteiger partial charge in [-0.15, -0.1) is 0 Å². The van der Waals surface area contributed by atoms with E-state index in [9.17, 15) is 9.90 Å². The number of para-hydroxylation sites is 1. The number of phenols is 1. The first-order chi connectivity index (χ1) is 13.2. The van der Waals surface area contributed by atoms with Gasteiger partial charge in [0.25, 0.3) is 5.91 Å². The smallest absolute Gasteiger partial charge is 0.271 e. The third-order valence-corrected chi connectivity index (χ3v) is 4.64. The van der Waals surface area contributed by atoms with Crippen molar-refractivity contribution in [1.29, 1.82) is 0 Å². The summed E-state index contributed by atoms with van der Waals surface area (Å²) in [5.74, 6) is 1.44. The fourth-order valence-corrected chi connectivity index (χ4v) is 3.25. The molecule has 136 valence electrons. The second kappa shape index (κ2) is 7.03. The molecule has 1 heterocycles. The number of anilines is 1. The van der Waals surface area contributed by atoms with Gasteiger partial charge in [0, 0.05) is 5.69 Å². The molecule has 1 aliphatic heterocycles. The van der Waals surface area contributed by atoms with Crippen LogP contribution in [0.3, 0.4) is 0 Å². The number of hydrogen-bond acceptors (Lipinski definition) is 4. The summed E-state index contributed by atoms with van der Waals surface area (Å²) in [6, 6.07) is 23.2. The lowest BCUT2D eigenvalue weighted by molar-refractivity contribution is -0.135. The van der Waals surface area contributed by atoms with E-state index in [1.165, 1.54) is 0 Å². The third-order valence-electron chi connectivity index (χ3n) is 4.64. The highest BCUT2D eigenvalue weighted by molar-refractivity contribution is 6.05. The van der Waals surface area contributed by atoms with Gasteiger partial charge in [0.1, 0.15) is 23.3 Å². The molecule has 3 aromatic rings. The first kappa shape index (κ1) is 17.0. The molecule has 1 amide bonds. The minimum absolute atomic E-state index is 0.120. The van der Waals surface area contributed by atoms with Crippen molar-refractivity contribution in [3.63, 3.8) is 0 Å². The minimum Gasteiger partial charge on any atom is -0.508 e. The monoisotopic (exact) mass is 361 g/mol. The van der Waals surface area contributed by atoms with Crippen LogP contribution in [0.15, 0.2) is 78.9 Å². The number of hydrogen-bond donors (Lipinski definition) is 1. The number of methoxy groups -OCH3 is 1. The van der Waals surface area contributed by atoms with Crippen LogP contribution in [0.1, 0.15) is 11.6 Å². The van der Waals surface area contributed by atoms with Gasteiger partial charge >= 0.3 is 0 Å². The molecule has 2 atom stereocenters. The van der Waals surface area contributed by atoms with Gasteiger partial charge in [-0.1, -0.05) is 30.3 Å². The Bertz CT molecular complexity index is 923. The molecule has 0 spiro atoms. The molecule has 0 radical (unpaired) electrons. The Morgan fingerprint density at radius 3 is 2.15 bits per heavy atom. The number of nitrogens with zero attached hydrogens (tertiary/aromatic N) is 1. The molecule has 1 saturated heterocycles. The number of β-lactam (4-membered cyclic amide) rings is 1. The Hall–Kier alpha value is -3.47. The fraction of sp³-hybridized carbons (Fsp3) is 0.136. The van der Waals surface area contributed by atoms with Crippen molar-refractivity contribution in [2.45, 2.75) is 12.1 Å². The molecule has 27 heavy (non-hydrogen) atoms. The standard InChI is InChI=1S/C22H19NO4/c1-26-18-13-7-15(8-14-18)20-21(27-19-5-3-2-4-6-19)22(25)23(20)16-9-11-17(24)12-10-16/h2-14,20-21,24H,1H3. The average molecular weight is 361 g/mol. The number of ether oxygens (including phenoxy) is 2. The predicted octanol–water partition coefficient (Wildman–Crippen LogP) is 3.94. The number of benzene rings is 3. The zero-order valence-electron chi connectivity index (χ0n) is 14.8. The van der Waals surface area contributed by atoms with Crippen molar-refractivity contribution < 1.29 is 19.4 Å². The van der Waals surface area contributed by atoms with Crippen molar-refractivity contribution in [3.8, 4) is 17.2 Å². The van der Waals surface area contributed by atoms with Crippen LogP contribution < -0.4 is 14.4 Å². The third kappa shape index (κ3) is 3.19. The molecular formula is C22H19NO4. The van der Waals surface area contributed by atoms with E-state index in [4.69, 9.17) is 9.47 Å². The summed E-state index contributed by atoms with van der Waals surface area (Å²) < 4.78 is 11.2. The van der Waals surface area contributed by atoms with E-state index >= 15 is 0 Å². The average Bonchev–Trinajstić information content (AvgIpc) is 2.72. The molecule has 1 fully saturated rings. The van der Waals surface area contributed by atoms with Crippen molar-refractivity contribution in [2.75, 3.05) is 12.0 Å². The van der Waals surface area contributed by atoms with E-state index in [-0.39, 0.29) is 17.7 Å². The van der Waals surface area contributed by atoms with Crippen LogP contribution in [0.2, 0.25) is 0 Å². The van der Waals surface area contributed by atoms with E-state index in [1.807, 2.05) is 54.6 Å². The van der Waals surface area contributed by atoms with E-state index < -0.39 is 6.10 Å². The number of aromatic hydroxyl groups is 1. The number of phenolic OH excluding ortho intramolecular Hbond substituents is 1. The quantitative estimate of drug-likeness (QED) is 0.700. The van der Waals surface area contributed by atoms with Crippen LogP contribution in [0, 0.1) is 0 Å². The zero-order chi connectivity index (χ0) is 18.8. The lowest BCUT2D eigenvalue weighted by Crippen LogP contribution is -2.61. The Kier molecular flexibility index (Phi) is 4.42. The maximum atomic E-state index is 12.9. The first-order valence-electron chi connectivity index (χ1n) is 8.65. The SMILES string of the molecule is COc1ccc(C2C(Oc3ccccc3)C(=O)N2c2ccc(O)cc2)cc1. The van der Waals surface area contributed by atoms with E-state index in [0.717, 1.165) is 11.3 Å². The van der Waals surface area contributed by atoms with Crippen molar-refractivity contribution in [1.82, 2.24) is 0 Å². The van der Waals surface area contributed by atoms with Gasteiger partial charge in [-0.2, -0.15) is 0 Å². The summed E-state index contributed by atoms with van der Waals surface area (Å²) in [4.78, 5) is 14.6. The Morgan fingerprint density at radius 1 is 0.852 bits per heavy atom. The molecule has 3 aromatic carbocycles. The van der Waals surface area contributed by atoms with E-state index in [1.54, 1.807) is 36.3 Å². The van der Waals surface area contributed by atoms with Gasteiger partial charge in [0.05, 0.1) is 7.11 Å². The fourth-order valence-electron chi connectivity index (χ4n) is 3.25. The van der Waals surface area contributed by atoms with Crippen LogP contribution in [0.4, 0.5) is 5.69 Å². The highest BCUT2D eigenvalue weighted by Crippen LogP contribution is 2.41. The number of amides is 1. The molecule has 2 unspecified atom stereocenters. The van der Waals surface area contributed by atoms with Gasteiger partial charge in [-0.3, -0.25) is 9.69 Å². The van der Waals surface area contributed by atoms with Crippen LogP contribution in [-0.4, -0.2) is 24.2 Å². The van der Waals surface area contributed by atoms with Crippen molar-refractivity contribution in [3.05, 3.63) is 84.4 Å². The molecular weight excluding hydrogens is 342 g/mol. The molecule has 0 aliphatic carbocycles. The first-order valence-corrected chi connectivity index (χ1v) is 8.65. The summed E-state index contributed by atoms with van der Waals surface area (Å²) in [7, 11) is 1.62. The Labute approximate surface area is 157 Å². The van der Waals surface area contributed by atoms with Gasteiger partial charge in [0.2, 0.25) is 6.10 Å². The summed E-state index contributed by atoms with van der Waals surface area (Å²) >= 11 is 0. The van der Waals surface area contributed by atoms with Gasteiger partial charge < -0.3 is 14.6 Å². The normalized spacial score (nSPS) is 18.7. The molecule has 0 saturated carbocycles. The molecule has 4 rings (SSSR count). The molecule has 0 aromatic heterocycles. The van der Waals surface area contributed by atoms with Crippen LogP contribution in [0.5, 0.6) is 17.2 Å². The summed E-state index contributed by atoms with van der Waals surface area (Å²) in [5.41, 5.74) is 1.66. The highest BCUT2D eigenvalue weighted by atomic mass is 16.5. The second-order valence-corrected chi connectivity index (χ2v) is 6.29. The molecule has 1 aliphatic rings. The Morgan fingerprint density at radius 2 is 1.52 bits per heavy atom. The summed E-state index contributed by atoms with van der Waals surface area (Å²) in [5, 5.41) is 9.54. The topological polar surface area (TPSA) is 59.0 Å². The molecule has 0 bridgehead atoms. The van der Waals surface area contributed by atoms with Crippen molar-refractivity contribution in [2.24, 2.45) is 0 Å². The van der Waals surface area contributed by atoms with Crippen LogP contribution >= 0.6 is 0 Å². The van der Waals surface area contributed by atoms with Gasteiger partial charge in [-0.05, 0) is 54.1 Å². The zero-order valence-corrected chi connectivity index (χ0v) is 14.8. The largest absolute Gasteiger partial charge is 0.508 e. The summed E-state index contributed by atoms with van der Waals surface area (Å²) in [6.07, 6.45) is -0.616. The predicted molar refractivity (Wildman–Crippen MR) is 102 cm³/mol. The van der Waals surface area contributed by atoms with Crippen LogP contribution in [-0.2, 0) is 4.79 Å². The molecule has 1 N–H and O–H groups in total. The number of rotatable bonds is 5. The maximum Gasteiger partial charge on any atom is 0.271 e. The summed E-state index contributed by atoms with van der Waals surface area (Å²) in [6.45, 7) is 0. The Balaban J connectivity index is 1.68. The maximum absolute atomic E-state index is 12.9. The van der Waals surface area contributed by atoms with E-state index in [2.05, 4.69) is 0 Å². The van der Waals surface area contributed by atoms with Crippen molar-refractivity contribution >= 4 is 11.6 Å². The lowest BCUT2D eigenvalue weighted by atomic mass is 9.89. The lowest BCUT2D eigenvalue weighted by Gasteiger charge is -2.46. The molecule has 5 nitrogen and oxygen atoms in total. The molecule has 5 heteroatoms. The highest BCUT2D eigenvalue weighted by Gasteiger charge is 2.51. The number of carbonyl (C=O) groups excluding carboxylic acids is 1. The van der Waals surface area contributed by atoms with Crippen LogP contribution in [0.25, 0.3) is 0 Å². The second-order valence-electron chi connectivity index (χ2n) is 6.29. The number of carbonyl (C=O) groups is 1. The van der Waals surface area contributed by atoms with Gasteiger partial charge in [0.15, 0.2) is 0 Å². The van der Waals surface area contributed by atoms with E-state index in [0.29, 0.717) is 11.4 Å². The minimum atomic E-state index is -0.616. The van der Waals surface area contributed by atoms with Gasteiger partial charge in [-0.25, -0.2) is 0 Å².